The van der Waals surface area contributed by atoms with Crippen molar-refractivity contribution in [3.8, 4) is 0 Å². The minimum atomic E-state index is -0.414. The number of Topliss-reactive ketones (excluding diaryl/α,β-unsaturated/α-hetero) is 1. The van der Waals surface area contributed by atoms with Crippen LogP contribution in [0, 0.1) is 5.92 Å². The molecule has 2 atom stereocenters. The maximum atomic E-state index is 11.7. The molecule has 0 aliphatic carbocycles. The third-order valence-electron chi connectivity index (χ3n) is 2.68. The van der Waals surface area contributed by atoms with Gasteiger partial charge in [-0.05, 0) is 32.2 Å². The van der Waals surface area contributed by atoms with Crippen molar-refractivity contribution in [2.45, 2.75) is 39.2 Å². The fraction of sp³-hybridized carbons (Fsp3) is 0.818. The summed E-state index contributed by atoms with van der Waals surface area (Å²) in [4.78, 5) is 22.8. The number of ether oxygens (including phenoxy) is 1. The highest BCUT2D eigenvalue weighted by atomic mass is 35.5. The Labute approximate surface area is 103 Å². The number of carbonyl (C=O) groups excluding carboxylic acids is 2. The van der Waals surface area contributed by atoms with Gasteiger partial charge in [0.2, 0.25) is 0 Å². The van der Waals surface area contributed by atoms with Gasteiger partial charge in [-0.2, -0.15) is 0 Å². The van der Waals surface area contributed by atoms with Crippen LogP contribution in [0.2, 0.25) is 0 Å². The number of piperidine rings is 1. The van der Waals surface area contributed by atoms with Crippen molar-refractivity contribution in [1.29, 1.82) is 0 Å². The monoisotopic (exact) mass is 249 g/mol. The number of hydrogen-bond donors (Lipinski definition) is 1. The molecule has 94 valence electrons. The highest BCUT2D eigenvalue weighted by molar-refractivity contribution is 5.98. The van der Waals surface area contributed by atoms with Crippen molar-refractivity contribution < 1.29 is 14.3 Å². The van der Waals surface area contributed by atoms with E-state index in [1.807, 2.05) is 0 Å². The van der Waals surface area contributed by atoms with Crippen molar-refractivity contribution >= 4 is 24.2 Å². The fourth-order valence-electron chi connectivity index (χ4n) is 1.83. The first-order valence-electron chi connectivity index (χ1n) is 5.55. The summed E-state index contributed by atoms with van der Waals surface area (Å²) in [7, 11) is 0. The van der Waals surface area contributed by atoms with E-state index < -0.39 is 5.97 Å². The van der Waals surface area contributed by atoms with E-state index in [0.717, 1.165) is 19.4 Å². The zero-order chi connectivity index (χ0) is 11.3. The van der Waals surface area contributed by atoms with Crippen molar-refractivity contribution in [2.75, 3.05) is 13.2 Å². The van der Waals surface area contributed by atoms with E-state index in [1.165, 1.54) is 0 Å². The summed E-state index contributed by atoms with van der Waals surface area (Å²) in [5, 5.41) is 3.14. The molecule has 0 bridgehead atoms. The Kier molecular flexibility index (Phi) is 7.34. The summed E-state index contributed by atoms with van der Waals surface area (Å²) in [6, 6.07) is -0.154. The highest BCUT2D eigenvalue weighted by Gasteiger charge is 2.26. The average Bonchev–Trinajstić information content (AvgIpc) is 2.18. The molecule has 1 aliphatic rings. The molecular weight excluding hydrogens is 230 g/mol. The number of carbonyl (C=O) groups is 2. The topological polar surface area (TPSA) is 55.4 Å². The first kappa shape index (κ1) is 15.4. The number of ketones is 1. The summed E-state index contributed by atoms with van der Waals surface area (Å²) in [5.74, 6) is 0.102. The summed E-state index contributed by atoms with van der Waals surface area (Å²) >= 11 is 0. The minimum absolute atomic E-state index is 0. The van der Waals surface area contributed by atoms with Gasteiger partial charge in [-0.15, -0.1) is 12.4 Å². The van der Waals surface area contributed by atoms with Gasteiger partial charge >= 0.3 is 5.97 Å². The van der Waals surface area contributed by atoms with Gasteiger partial charge in [0.05, 0.1) is 12.6 Å². The largest absolute Gasteiger partial charge is 0.466 e. The van der Waals surface area contributed by atoms with E-state index in [9.17, 15) is 9.59 Å². The van der Waals surface area contributed by atoms with Crippen LogP contribution in [0.4, 0.5) is 0 Å². The van der Waals surface area contributed by atoms with Gasteiger partial charge in [-0.3, -0.25) is 9.59 Å². The Morgan fingerprint density at radius 1 is 1.44 bits per heavy atom. The first-order valence-corrected chi connectivity index (χ1v) is 5.55. The Morgan fingerprint density at radius 2 is 2.12 bits per heavy atom. The molecule has 4 nitrogen and oxygen atoms in total. The summed E-state index contributed by atoms with van der Waals surface area (Å²) < 4.78 is 4.74. The molecule has 0 spiro atoms. The molecule has 1 aliphatic heterocycles. The highest BCUT2D eigenvalue weighted by Crippen LogP contribution is 2.16. The molecule has 0 radical (unpaired) electrons. The predicted molar refractivity (Wildman–Crippen MR) is 63.7 cm³/mol. The Balaban J connectivity index is 0.00000225. The third kappa shape index (κ3) is 4.94. The lowest BCUT2D eigenvalue weighted by atomic mass is 9.91. The maximum Gasteiger partial charge on any atom is 0.313 e. The molecule has 16 heavy (non-hydrogen) atoms. The summed E-state index contributed by atoms with van der Waals surface area (Å²) in [6.07, 6.45) is 1.83. The number of hydrogen-bond acceptors (Lipinski definition) is 4. The van der Waals surface area contributed by atoms with Gasteiger partial charge in [0.15, 0.2) is 5.78 Å². The van der Waals surface area contributed by atoms with Crippen molar-refractivity contribution in [2.24, 2.45) is 5.92 Å². The molecule has 1 fully saturated rings. The fourth-order valence-corrected chi connectivity index (χ4v) is 1.83. The molecule has 0 unspecified atom stereocenters. The van der Waals surface area contributed by atoms with Crippen LogP contribution >= 0.6 is 12.4 Å². The van der Waals surface area contributed by atoms with Crippen molar-refractivity contribution in [3.05, 3.63) is 0 Å². The van der Waals surface area contributed by atoms with Gasteiger partial charge in [0.25, 0.3) is 0 Å². The van der Waals surface area contributed by atoms with Crippen LogP contribution < -0.4 is 5.32 Å². The number of esters is 1. The summed E-state index contributed by atoms with van der Waals surface area (Å²) in [5.41, 5.74) is 0. The van der Waals surface area contributed by atoms with E-state index in [4.69, 9.17) is 4.74 Å². The Bertz CT molecular complexity index is 245. The van der Waals surface area contributed by atoms with Crippen molar-refractivity contribution in [3.63, 3.8) is 0 Å². The third-order valence-corrected chi connectivity index (χ3v) is 2.68. The van der Waals surface area contributed by atoms with E-state index in [0.29, 0.717) is 12.5 Å². The van der Waals surface area contributed by atoms with E-state index in [2.05, 4.69) is 12.2 Å². The maximum absolute atomic E-state index is 11.7. The number of nitrogens with one attached hydrogen (secondary N) is 1. The smallest absolute Gasteiger partial charge is 0.313 e. The Morgan fingerprint density at radius 3 is 2.69 bits per heavy atom. The van der Waals surface area contributed by atoms with Gasteiger partial charge in [0, 0.05) is 0 Å². The second kappa shape index (κ2) is 7.63. The molecule has 0 amide bonds. The SMILES string of the molecule is CCOC(=O)CC(=O)[C@H]1C[C@H](C)CCN1.Cl. The van der Waals surface area contributed by atoms with Crippen LogP contribution in [0.25, 0.3) is 0 Å². The lowest BCUT2D eigenvalue weighted by Gasteiger charge is -2.26. The van der Waals surface area contributed by atoms with Gasteiger partial charge < -0.3 is 10.1 Å². The van der Waals surface area contributed by atoms with E-state index in [-0.39, 0.29) is 30.7 Å². The average molecular weight is 250 g/mol. The minimum Gasteiger partial charge on any atom is -0.466 e. The molecule has 1 rings (SSSR count). The molecule has 0 saturated carbocycles. The molecule has 1 N–H and O–H groups in total. The molecular formula is C11H20ClNO3. The molecule has 0 aromatic rings. The lowest BCUT2D eigenvalue weighted by molar-refractivity contribution is -0.146. The van der Waals surface area contributed by atoms with Crippen LogP contribution in [-0.4, -0.2) is 30.9 Å². The quantitative estimate of drug-likeness (QED) is 0.603. The first-order chi connectivity index (χ1) is 7.13. The van der Waals surface area contributed by atoms with Crippen LogP contribution in [-0.2, 0) is 14.3 Å². The second-order valence-electron chi connectivity index (χ2n) is 4.08. The zero-order valence-corrected chi connectivity index (χ0v) is 10.6. The van der Waals surface area contributed by atoms with E-state index in [1.54, 1.807) is 6.92 Å². The zero-order valence-electron chi connectivity index (χ0n) is 9.82. The Hall–Kier alpha value is -0.610. The van der Waals surface area contributed by atoms with E-state index >= 15 is 0 Å². The van der Waals surface area contributed by atoms with Crippen LogP contribution in [0.1, 0.15) is 33.1 Å². The molecule has 1 saturated heterocycles. The molecule has 1 heterocycles. The van der Waals surface area contributed by atoms with Gasteiger partial charge in [-0.1, -0.05) is 6.92 Å². The lowest BCUT2D eigenvalue weighted by Crippen LogP contribution is -2.43. The number of halogens is 1. The van der Waals surface area contributed by atoms with Crippen LogP contribution in [0.5, 0.6) is 0 Å². The predicted octanol–water partition coefficient (Wildman–Crippen LogP) is 1.32. The van der Waals surface area contributed by atoms with Gasteiger partial charge in [-0.25, -0.2) is 0 Å². The normalized spacial score (nSPS) is 24.4. The number of rotatable bonds is 4. The molecule has 0 aromatic carbocycles. The second-order valence-corrected chi connectivity index (χ2v) is 4.08. The standard InChI is InChI=1S/C11H19NO3.ClH/c1-3-15-11(14)7-10(13)9-6-8(2)4-5-12-9;/h8-9,12H,3-7H2,1-2H3;1H/t8-,9-;/m1./s1. The molecule has 0 aromatic heterocycles. The van der Waals surface area contributed by atoms with Crippen molar-refractivity contribution in [1.82, 2.24) is 5.32 Å². The summed E-state index contributed by atoms with van der Waals surface area (Å²) in [6.45, 7) is 5.07. The van der Waals surface area contributed by atoms with Gasteiger partial charge in [0.1, 0.15) is 6.42 Å². The van der Waals surface area contributed by atoms with Crippen LogP contribution in [0.3, 0.4) is 0 Å². The van der Waals surface area contributed by atoms with Crippen LogP contribution in [0.15, 0.2) is 0 Å². The molecule has 5 heteroatoms.